The topological polar surface area (TPSA) is 29.5 Å². The highest BCUT2D eigenvalue weighted by Crippen LogP contribution is 2.39. The molecule has 2 heterocycles. The molecule has 0 bridgehead atoms. The molecule has 0 aliphatic heterocycles. The zero-order valence-electron chi connectivity index (χ0n) is 10.1. The van der Waals surface area contributed by atoms with Crippen molar-refractivity contribution in [3.63, 3.8) is 0 Å². The first-order valence-electron chi connectivity index (χ1n) is 5.86. The fourth-order valence-electron chi connectivity index (χ4n) is 1.82. The maximum atomic E-state index is 8.74. The summed E-state index contributed by atoms with van der Waals surface area (Å²) in [7, 11) is -0.278. The molecule has 5 heteroatoms. The molecule has 0 unspecified atom stereocenters. The van der Waals surface area contributed by atoms with E-state index < -0.39 is 0 Å². The monoisotopic (exact) mass is 286 g/mol. The molecule has 2 aromatic heterocycles. The van der Waals surface area contributed by atoms with E-state index in [1.54, 1.807) is 22.7 Å². The molecule has 94 valence electrons. The Labute approximate surface area is 120 Å². The first-order valence-corrected chi connectivity index (χ1v) is 7.49. The van der Waals surface area contributed by atoms with Gasteiger partial charge in [0.15, 0.2) is 5.06 Å². The number of rotatable bonds is 4. The Morgan fingerprint density at radius 2 is 1.47 bits per heavy atom. The minimum atomic E-state index is -0.278. The van der Waals surface area contributed by atoms with Gasteiger partial charge in [0.25, 0.3) is 0 Å². The van der Waals surface area contributed by atoms with Gasteiger partial charge in [-0.15, -0.1) is 11.3 Å². The van der Waals surface area contributed by atoms with Gasteiger partial charge in [0.1, 0.15) is 0 Å². The Bertz CT molecular complexity index is 661. The highest BCUT2D eigenvalue weighted by molar-refractivity contribution is 7.24. The van der Waals surface area contributed by atoms with Gasteiger partial charge in [0.05, 0.1) is 0 Å². The fourth-order valence-corrected chi connectivity index (χ4v) is 3.77. The lowest BCUT2D eigenvalue weighted by Gasteiger charge is -1.95. The van der Waals surface area contributed by atoms with E-state index in [1.807, 2.05) is 30.3 Å². The highest BCUT2D eigenvalue weighted by Gasteiger charge is 2.08. The van der Waals surface area contributed by atoms with Gasteiger partial charge < -0.3 is 9.68 Å². The second-order valence-electron chi connectivity index (χ2n) is 3.92. The first kappa shape index (κ1) is 12.5. The van der Waals surface area contributed by atoms with Crippen LogP contribution < -0.4 is 4.65 Å². The molecule has 3 aromatic rings. The number of thiophene rings is 2. The first-order chi connectivity index (χ1) is 9.36. The number of benzene rings is 1. The standard InChI is InChI=1S/C14H11BO2S2/c16-15-17-14-9-8-13(19-14)12-7-6-11(18-12)10-4-2-1-3-5-10/h1-9,15-16H. The number of hydrogen-bond acceptors (Lipinski definition) is 4. The zero-order chi connectivity index (χ0) is 13.1. The Morgan fingerprint density at radius 3 is 2.26 bits per heavy atom. The Morgan fingerprint density at radius 1 is 0.789 bits per heavy atom. The predicted octanol–water partition coefficient (Wildman–Crippen LogP) is 3.78. The second-order valence-corrected chi connectivity index (χ2v) is 6.05. The van der Waals surface area contributed by atoms with Crippen molar-refractivity contribution in [2.45, 2.75) is 0 Å². The third-order valence-corrected chi connectivity index (χ3v) is 5.02. The van der Waals surface area contributed by atoms with Gasteiger partial charge in [-0.3, -0.25) is 0 Å². The molecule has 0 fully saturated rings. The van der Waals surface area contributed by atoms with Gasteiger partial charge in [-0.25, -0.2) is 0 Å². The molecule has 0 radical (unpaired) electrons. The summed E-state index contributed by atoms with van der Waals surface area (Å²) in [5, 5.41) is 9.48. The van der Waals surface area contributed by atoms with E-state index >= 15 is 0 Å². The summed E-state index contributed by atoms with van der Waals surface area (Å²) >= 11 is 3.31. The van der Waals surface area contributed by atoms with Crippen molar-refractivity contribution >= 4 is 30.4 Å². The van der Waals surface area contributed by atoms with Crippen LogP contribution >= 0.6 is 22.7 Å². The van der Waals surface area contributed by atoms with Crippen LogP contribution in [0.2, 0.25) is 0 Å². The lowest BCUT2D eigenvalue weighted by atomic mass is 10.2. The molecule has 0 spiro atoms. The average Bonchev–Trinajstić information content (AvgIpc) is 3.08. The van der Waals surface area contributed by atoms with Crippen LogP contribution in [-0.2, 0) is 0 Å². The summed E-state index contributed by atoms with van der Waals surface area (Å²) in [6.45, 7) is 0. The van der Waals surface area contributed by atoms with E-state index in [1.165, 1.54) is 15.3 Å². The normalized spacial score (nSPS) is 10.4. The van der Waals surface area contributed by atoms with Crippen LogP contribution in [0.1, 0.15) is 0 Å². The van der Waals surface area contributed by atoms with Gasteiger partial charge in [-0.2, -0.15) is 0 Å². The summed E-state index contributed by atoms with van der Waals surface area (Å²) in [4.78, 5) is 3.64. The highest BCUT2D eigenvalue weighted by atomic mass is 32.1. The second kappa shape index (κ2) is 5.61. The summed E-state index contributed by atoms with van der Waals surface area (Å²) < 4.78 is 5.08. The van der Waals surface area contributed by atoms with Crippen molar-refractivity contribution in [3.05, 3.63) is 54.6 Å². The molecule has 1 N–H and O–H groups in total. The van der Waals surface area contributed by atoms with Crippen LogP contribution in [0, 0.1) is 0 Å². The third kappa shape index (κ3) is 2.73. The van der Waals surface area contributed by atoms with E-state index in [2.05, 4.69) is 24.3 Å². The van der Waals surface area contributed by atoms with Crippen molar-refractivity contribution in [2.24, 2.45) is 0 Å². The average molecular weight is 286 g/mol. The van der Waals surface area contributed by atoms with E-state index in [0.717, 1.165) is 9.94 Å². The van der Waals surface area contributed by atoms with Crippen LogP contribution in [0.3, 0.4) is 0 Å². The van der Waals surface area contributed by atoms with Gasteiger partial charge in [-0.05, 0) is 29.8 Å². The SMILES string of the molecule is OBOc1ccc(-c2ccc(-c3ccccc3)s2)s1. The molecule has 0 amide bonds. The third-order valence-electron chi connectivity index (χ3n) is 2.70. The molecule has 3 rings (SSSR count). The van der Waals surface area contributed by atoms with E-state index in [9.17, 15) is 0 Å². The van der Waals surface area contributed by atoms with Crippen LogP contribution in [0.25, 0.3) is 20.2 Å². The lowest BCUT2D eigenvalue weighted by molar-refractivity contribution is 0.461. The lowest BCUT2D eigenvalue weighted by Crippen LogP contribution is -1.97. The largest absolute Gasteiger partial charge is 0.531 e. The molecule has 0 saturated carbocycles. The predicted molar refractivity (Wildman–Crippen MR) is 83.1 cm³/mol. The molecule has 0 saturated heterocycles. The molecular weight excluding hydrogens is 275 g/mol. The summed E-state index contributed by atoms with van der Waals surface area (Å²) in [5.41, 5.74) is 1.24. The molecule has 0 atom stereocenters. The van der Waals surface area contributed by atoms with Crippen molar-refractivity contribution < 1.29 is 9.68 Å². The van der Waals surface area contributed by atoms with Crippen LogP contribution in [0.5, 0.6) is 5.06 Å². The Hall–Kier alpha value is -1.56. The molecule has 0 aliphatic rings. The van der Waals surface area contributed by atoms with Gasteiger partial charge in [-0.1, -0.05) is 41.7 Å². The summed E-state index contributed by atoms with van der Waals surface area (Å²) in [6, 6.07) is 18.5. The van der Waals surface area contributed by atoms with E-state index in [4.69, 9.17) is 9.68 Å². The maximum absolute atomic E-state index is 8.74. The summed E-state index contributed by atoms with van der Waals surface area (Å²) in [6.07, 6.45) is 0. The summed E-state index contributed by atoms with van der Waals surface area (Å²) in [5.74, 6) is 0. The van der Waals surface area contributed by atoms with Crippen LogP contribution in [-0.4, -0.2) is 12.7 Å². The fraction of sp³-hybridized carbons (Fsp3) is 0. The number of hydrogen-bond donors (Lipinski definition) is 1. The van der Waals surface area contributed by atoms with E-state index in [-0.39, 0.29) is 7.69 Å². The minimum absolute atomic E-state index is 0.278. The van der Waals surface area contributed by atoms with Crippen molar-refractivity contribution in [1.82, 2.24) is 0 Å². The van der Waals surface area contributed by atoms with Crippen LogP contribution in [0.15, 0.2) is 54.6 Å². The Kier molecular flexibility index (Phi) is 3.68. The minimum Gasteiger partial charge on any atom is -0.531 e. The Balaban J connectivity index is 1.88. The van der Waals surface area contributed by atoms with Crippen LogP contribution in [0.4, 0.5) is 0 Å². The molecular formula is C14H11BO2S2. The smallest absolute Gasteiger partial charge is 0.504 e. The van der Waals surface area contributed by atoms with Crippen molar-refractivity contribution in [3.8, 4) is 25.3 Å². The maximum Gasteiger partial charge on any atom is 0.504 e. The van der Waals surface area contributed by atoms with Crippen molar-refractivity contribution in [2.75, 3.05) is 0 Å². The molecule has 2 nitrogen and oxygen atoms in total. The quantitative estimate of drug-likeness (QED) is 0.740. The van der Waals surface area contributed by atoms with Gasteiger partial charge in [0, 0.05) is 14.6 Å². The zero-order valence-corrected chi connectivity index (χ0v) is 11.7. The van der Waals surface area contributed by atoms with Gasteiger partial charge >= 0.3 is 7.69 Å². The van der Waals surface area contributed by atoms with Crippen molar-refractivity contribution in [1.29, 1.82) is 0 Å². The molecule has 0 aliphatic carbocycles. The molecule has 1 aromatic carbocycles. The van der Waals surface area contributed by atoms with E-state index in [0.29, 0.717) is 0 Å². The van der Waals surface area contributed by atoms with Gasteiger partial charge in [0.2, 0.25) is 0 Å². The molecule has 19 heavy (non-hydrogen) atoms.